The number of aromatic nitrogens is 1. The maximum Gasteiger partial charge on any atom is 0.322 e. The number of halogens is 3. The summed E-state index contributed by atoms with van der Waals surface area (Å²) in [7, 11) is 0. The number of nitrogens with one attached hydrogen (secondary N) is 1. The lowest BCUT2D eigenvalue weighted by molar-refractivity contribution is 0.205. The molecule has 2 aromatic rings. The summed E-state index contributed by atoms with van der Waals surface area (Å²) in [4.78, 5) is 17.1. The first-order chi connectivity index (χ1) is 10.5. The highest BCUT2D eigenvalue weighted by Crippen LogP contribution is 2.24. The summed E-state index contributed by atoms with van der Waals surface area (Å²) in [6.45, 7) is 0.344. The number of rotatable bonds is 1. The van der Waals surface area contributed by atoms with Crippen molar-refractivity contribution in [3.05, 3.63) is 59.2 Å². The van der Waals surface area contributed by atoms with Crippen molar-refractivity contribution in [1.29, 1.82) is 0 Å². The second-order valence-corrected chi connectivity index (χ2v) is 4.98. The lowest BCUT2D eigenvalue weighted by Crippen LogP contribution is -2.39. The Kier molecular flexibility index (Phi) is 3.70. The zero-order chi connectivity index (χ0) is 15.7. The average Bonchev–Trinajstić information content (AvgIpc) is 2.48. The van der Waals surface area contributed by atoms with Crippen LogP contribution in [0.2, 0.25) is 0 Å². The lowest BCUT2D eigenvalue weighted by atomic mass is 9.99. The van der Waals surface area contributed by atoms with Gasteiger partial charge in [0, 0.05) is 25.4 Å². The van der Waals surface area contributed by atoms with E-state index in [1.54, 1.807) is 0 Å². The summed E-state index contributed by atoms with van der Waals surface area (Å²) >= 11 is 0. The number of fused-ring (bicyclic) bond motifs is 1. The molecule has 0 atom stereocenters. The first-order valence-electron chi connectivity index (χ1n) is 6.67. The van der Waals surface area contributed by atoms with Crippen molar-refractivity contribution in [1.82, 2.24) is 9.88 Å². The molecule has 0 saturated heterocycles. The minimum absolute atomic E-state index is 0.0104. The van der Waals surface area contributed by atoms with Crippen LogP contribution in [0.4, 0.5) is 23.7 Å². The number of hydrogen-bond acceptors (Lipinski definition) is 2. The first-order valence-corrected chi connectivity index (χ1v) is 6.67. The summed E-state index contributed by atoms with van der Waals surface area (Å²) in [6.07, 6.45) is 2.63. The second-order valence-electron chi connectivity index (χ2n) is 4.98. The minimum atomic E-state index is -0.682. The average molecular weight is 307 g/mol. The number of carbonyl (C=O) groups excluding carboxylic acids is 1. The van der Waals surface area contributed by atoms with Gasteiger partial charge in [0.2, 0.25) is 0 Å². The molecule has 2 amide bonds. The van der Waals surface area contributed by atoms with Gasteiger partial charge in [-0.05, 0) is 29.7 Å². The van der Waals surface area contributed by atoms with E-state index in [-0.39, 0.29) is 25.2 Å². The number of anilines is 1. The van der Waals surface area contributed by atoms with Gasteiger partial charge in [0.05, 0.1) is 11.9 Å². The molecular weight excluding hydrogens is 295 g/mol. The van der Waals surface area contributed by atoms with Gasteiger partial charge in [-0.3, -0.25) is 4.98 Å². The summed E-state index contributed by atoms with van der Waals surface area (Å²) in [5.41, 5.74) is 0.853. The van der Waals surface area contributed by atoms with Crippen LogP contribution in [0, 0.1) is 17.5 Å². The molecule has 7 heteroatoms. The third-order valence-electron chi connectivity index (χ3n) is 3.55. The number of amides is 2. The lowest BCUT2D eigenvalue weighted by Gasteiger charge is -2.29. The van der Waals surface area contributed by atoms with E-state index < -0.39 is 23.5 Å². The van der Waals surface area contributed by atoms with Crippen molar-refractivity contribution in [2.24, 2.45) is 0 Å². The Morgan fingerprint density at radius 2 is 2.05 bits per heavy atom. The van der Waals surface area contributed by atoms with Gasteiger partial charge in [-0.25, -0.2) is 18.0 Å². The molecule has 0 saturated carbocycles. The zero-order valence-electron chi connectivity index (χ0n) is 11.4. The standard InChI is InChI=1S/C15H12F3N3O/c16-10-5-9-8-21(4-2-11(9)12(17)6-10)15(22)20-14-1-3-19-7-13(14)18/h1,3,5-7H,2,4,8H2,(H,19,20,22). The van der Waals surface area contributed by atoms with Gasteiger partial charge < -0.3 is 10.2 Å². The van der Waals surface area contributed by atoms with E-state index in [9.17, 15) is 18.0 Å². The van der Waals surface area contributed by atoms with Gasteiger partial charge in [0.1, 0.15) is 11.6 Å². The van der Waals surface area contributed by atoms with Gasteiger partial charge >= 0.3 is 6.03 Å². The molecule has 0 aliphatic carbocycles. The molecule has 0 radical (unpaired) electrons. The molecule has 0 unspecified atom stereocenters. The van der Waals surface area contributed by atoms with E-state index >= 15 is 0 Å². The molecule has 1 aromatic heterocycles. The summed E-state index contributed by atoms with van der Waals surface area (Å²) in [5.74, 6) is -1.93. The van der Waals surface area contributed by atoms with E-state index in [0.717, 1.165) is 12.3 Å². The van der Waals surface area contributed by atoms with Crippen molar-refractivity contribution in [2.75, 3.05) is 11.9 Å². The van der Waals surface area contributed by atoms with Crippen LogP contribution in [0.3, 0.4) is 0 Å². The Morgan fingerprint density at radius 3 is 2.82 bits per heavy atom. The quantitative estimate of drug-likeness (QED) is 0.880. The Balaban J connectivity index is 1.77. The predicted octanol–water partition coefficient (Wildman–Crippen LogP) is 3.09. The van der Waals surface area contributed by atoms with Gasteiger partial charge in [-0.2, -0.15) is 0 Å². The van der Waals surface area contributed by atoms with Crippen molar-refractivity contribution in [2.45, 2.75) is 13.0 Å². The maximum absolute atomic E-state index is 13.6. The van der Waals surface area contributed by atoms with Gasteiger partial charge in [-0.1, -0.05) is 0 Å². The van der Waals surface area contributed by atoms with Crippen LogP contribution in [-0.2, 0) is 13.0 Å². The first kappa shape index (κ1) is 14.4. The van der Waals surface area contributed by atoms with Crippen LogP contribution in [0.5, 0.6) is 0 Å². The molecule has 2 heterocycles. The molecule has 1 N–H and O–H groups in total. The van der Waals surface area contributed by atoms with Crippen molar-refractivity contribution < 1.29 is 18.0 Å². The van der Waals surface area contributed by atoms with Crippen LogP contribution < -0.4 is 5.32 Å². The smallest absolute Gasteiger partial charge is 0.320 e. The molecule has 4 nitrogen and oxygen atoms in total. The largest absolute Gasteiger partial charge is 0.322 e. The molecule has 22 heavy (non-hydrogen) atoms. The Hall–Kier alpha value is -2.57. The Morgan fingerprint density at radius 1 is 1.23 bits per heavy atom. The van der Waals surface area contributed by atoms with Gasteiger partial charge in [-0.15, -0.1) is 0 Å². The van der Waals surface area contributed by atoms with Crippen LogP contribution >= 0.6 is 0 Å². The van der Waals surface area contributed by atoms with Crippen LogP contribution in [0.25, 0.3) is 0 Å². The predicted molar refractivity (Wildman–Crippen MR) is 73.7 cm³/mol. The number of nitrogens with zero attached hydrogens (tertiary/aromatic N) is 2. The monoisotopic (exact) mass is 307 g/mol. The highest BCUT2D eigenvalue weighted by molar-refractivity contribution is 5.89. The third kappa shape index (κ3) is 2.74. The van der Waals surface area contributed by atoms with Crippen molar-refractivity contribution in [3.63, 3.8) is 0 Å². The molecule has 0 spiro atoms. The molecule has 114 valence electrons. The van der Waals surface area contributed by atoms with E-state index in [1.165, 1.54) is 23.2 Å². The van der Waals surface area contributed by atoms with E-state index in [4.69, 9.17) is 0 Å². The Bertz CT molecular complexity index is 736. The second kappa shape index (κ2) is 5.67. The molecule has 1 aromatic carbocycles. The third-order valence-corrected chi connectivity index (χ3v) is 3.55. The zero-order valence-corrected chi connectivity index (χ0v) is 11.4. The van der Waals surface area contributed by atoms with Crippen molar-refractivity contribution in [3.8, 4) is 0 Å². The van der Waals surface area contributed by atoms with Crippen LogP contribution in [-0.4, -0.2) is 22.5 Å². The molecular formula is C15H12F3N3O. The summed E-state index contributed by atoms with van der Waals surface area (Å²) in [6, 6.07) is 2.86. The number of pyridine rings is 1. The SMILES string of the molecule is O=C(Nc1ccncc1F)N1CCc2c(F)cc(F)cc2C1. The minimum Gasteiger partial charge on any atom is -0.320 e. The Labute approximate surface area is 124 Å². The van der Waals surface area contributed by atoms with Crippen LogP contribution in [0.15, 0.2) is 30.6 Å². The number of hydrogen-bond donors (Lipinski definition) is 1. The molecule has 3 rings (SSSR count). The van der Waals surface area contributed by atoms with Crippen molar-refractivity contribution >= 4 is 11.7 Å². The highest BCUT2D eigenvalue weighted by Gasteiger charge is 2.24. The number of benzene rings is 1. The fourth-order valence-electron chi connectivity index (χ4n) is 2.45. The summed E-state index contributed by atoms with van der Waals surface area (Å²) < 4.78 is 40.4. The molecule has 1 aliphatic rings. The highest BCUT2D eigenvalue weighted by atomic mass is 19.1. The fraction of sp³-hybridized carbons (Fsp3) is 0.200. The van der Waals surface area contributed by atoms with Gasteiger partial charge in [0.25, 0.3) is 0 Å². The summed E-state index contributed by atoms with van der Waals surface area (Å²) in [5, 5.41) is 2.42. The fourth-order valence-corrected chi connectivity index (χ4v) is 2.45. The molecule has 0 fully saturated rings. The van der Waals surface area contributed by atoms with Crippen LogP contribution in [0.1, 0.15) is 11.1 Å². The number of carbonyl (C=O) groups is 1. The normalized spacial score (nSPS) is 13.7. The maximum atomic E-state index is 13.6. The number of urea groups is 1. The molecule has 0 bridgehead atoms. The van der Waals surface area contributed by atoms with E-state index in [0.29, 0.717) is 11.1 Å². The van der Waals surface area contributed by atoms with E-state index in [1.807, 2.05) is 0 Å². The topological polar surface area (TPSA) is 45.2 Å². The van der Waals surface area contributed by atoms with E-state index in [2.05, 4.69) is 10.3 Å². The molecule has 1 aliphatic heterocycles. The van der Waals surface area contributed by atoms with Gasteiger partial charge in [0.15, 0.2) is 5.82 Å².